The molecule has 2 aliphatic rings. The number of benzene rings is 1. The molecular formula is C28H38N4O4. The highest BCUT2D eigenvalue weighted by Crippen LogP contribution is 2.24. The fourth-order valence-electron chi connectivity index (χ4n) is 4.87. The number of hydrogen-bond acceptors (Lipinski definition) is 6. The molecule has 8 heteroatoms. The van der Waals surface area contributed by atoms with Gasteiger partial charge in [-0.25, -0.2) is 9.78 Å². The van der Waals surface area contributed by atoms with Gasteiger partial charge in [0.25, 0.3) is 0 Å². The molecule has 0 aliphatic carbocycles. The molecule has 1 fully saturated rings. The maximum atomic E-state index is 12.9. The first kappa shape index (κ1) is 26.1. The third kappa shape index (κ3) is 6.62. The van der Waals surface area contributed by atoms with Crippen LogP contribution in [0.2, 0.25) is 0 Å². The molecule has 0 bridgehead atoms. The van der Waals surface area contributed by atoms with Gasteiger partial charge in [-0.05, 0) is 56.7 Å². The highest BCUT2D eigenvalue weighted by molar-refractivity contribution is 5.90. The molecule has 0 radical (unpaired) electrons. The highest BCUT2D eigenvalue weighted by Gasteiger charge is 2.33. The van der Waals surface area contributed by atoms with Gasteiger partial charge in [0.1, 0.15) is 11.9 Å². The van der Waals surface area contributed by atoms with Gasteiger partial charge >= 0.3 is 5.97 Å². The van der Waals surface area contributed by atoms with Crippen LogP contribution in [0.1, 0.15) is 49.9 Å². The predicted molar refractivity (Wildman–Crippen MR) is 139 cm³/mol. The van der Waals surface area contributed by atoms with E-state index in [4.69, 9.17) is 9.72 Å². The monoisotopic (exact) mass is 494 g/mol. The summed E-state index contributed by atoms with van der Waals surface area (Å²) in [6.07, 6.45) is 4.42. The molecule has 1 aromatic heterocycles. The third-order valence-corrected chi connectivity index (χ3v) is 7.29. The first-order chi connectivity index (χ1) is 17.3. The molecule has 1 saturated heterocycles. The Balaban J connectivity index is 1.20. The maximum absolute atomic E-state index is 12.9. The van der Waals surface area contributed by atoms with Gasteiger partial charge in [0, 0.05) is 38.3 Å². The van der Waals surface area contributed by atoms with Crippen molar-refractivity contribution in [3.63, 3.8) is 0 Å². The summed E-state index contributed by atoms with van der Waals surface area (Å²) in [6, 6.07) is 12.8. The minimum atomic E-state index is -1.01. The Morgan fingerprint density at radius 2 is 2.06 bits per heavy atom. The standard InChI is InChI=1S/C28H38N4O4/c1-28(2,21-8-4-3-5-9-21)27(35)31-24(26(33)34)13-17-32-16-12-23(19-32)36-18-14-22-11-10-20-7-6-15-29-25(20)30-22/h3-5,8-11,23-24H,6-7,12-19H2,1-2H3,(H,29,30)(H,31,35)(H,33,34)/t23-,24+/m1/s1. The Morgan fingerprint density at radius 3 is 2.83 bits per heavy atom. The van der Waals surface area contributed by atoms with Crippen LogP contribution in [0.4, 0.5) is 5.82 Å². The molecule has 2 aromatic rings. The number of carbonyl (C=O) groups excluding carboxylic acids is 1. The number of fused-ring (bicyclic) bond motifs is 1. The minimum absolute atomic E-state index is 0.135. The number of ether oxygens (including phenoxy) is 1. The average molecular weight is 495 g/mol. The van der Waals surface area contributed by atoms with Crippen molar-refractivity contribution in [3.8, 4) is 0 Å². The zero-order valence-electron chi connectivity index (χ0n) is 21.3. The van der Waals surface area contributed by atoms with Crippen LogP contribution >= 0.6 is 0 Å². The lowest BCUT2D eigenvalue weighted by Gasteiger charge is -2.27. The number of amides is 1. The molecule has 1 aromatic carbocycles. The van der Waals surface area contributed by atoms with Gasteiger partial charge in [-0.3, -0.25) is 4.79 Å². The van der Waals surface area contributed by atoms with Crippen molar-refractivity contribution in [3.05, 3.63) is 59.3 Å². The number of rotatable bonds is 11. The molecule has 0 saturated carbocycles. The van der Waals surface area contributed by atoms with Crippen LogP contribution in [-0.2, 0) is 32.6 Å². The molecule has 8 nitrogen and oxygen atoms in total. The van der Waals surface area contributed by atoms with Crippen molar-refractivity contribution in [1.82, 2.24) is 15.2 Å². The van der Waals surface area contributed by atoms with Gasteiger partial charge in [-0.2, -0.15) is 0 Å². The fourth-order valence-corrected chi connectivity index (χ4v) is 4.87. The topological polar surface area (TPSA) is 104 Å². The van der Waals surface area contributed by atoms with E-state index < -0.39 is 17.4 Å². The number of hydrogen-bond donors (Lipinski definition) is 3. The lowest BCUT2D eigenvalue weighted by atomic mass is 9.83. The second-order valence-electron chi connectivity index (χ2n) is 10.3. The van der Waals surface area contributed by atoms with E-state index in [1.165, 1.54) is 5.56 Å². The SMILES string of the molecule is CC(C)(C(=O)N[C@@H](CCN1CC[C@@H](OCCc2ccc3c(n2)NCCC3)C1)C(=O)O)c1ccccc1. The number of anilines is 1. The number of likely N-dealkylation sites (tertiary alicyclic amines) is 1. The van der Waals surface area contributed by atoms with Crippen LogP contribution in [0.15, 0.2) is 42.5 Å². The minimum Gasteiger partial charge on any atom is -0.480 e. The van der Waals surface area contributed by atoms with E-state index in [1.807, 2.05) is 44.2 Å². The summed E-state index contributed by atoms with van der Waals surface area (Å²) in [7, 11) is 0. The molecule has 2 aliphatic heterocycles. The first-order valence-corrected chi connectivity index (χ1v) is 13.0. The van der Waals surface area contributed by atoms with Crippen molar-refractivity contribution in [1.29, 1.82) is 0 Å². The maximum Gasteiger partial charge on any atom is 0.326 e. The highest BCUT2D eigenvalue weighted by atomic mass is 16.5. The van der Waals surface area contributed by atoms with E-state index >= 15 is 0 Å². The van der Waals surface area contributed by atoms with Crippen LogP contribution < -0.4 is 10.6 Å². The summed E-state index contributed by atoms with van der Waals surface area (Å²) in [4.78, 5) is 31.7. The molecule has 36 heavy (non-hydrogen) atoms. The van der Waals surface area contributed by atoms with Crippen LogP contribution in [0, 0.1) is 0 Å². The number of aliphatic carboxylic acids is 1. The van der Waals surface area contributed by atoms with E-state index in [1.54, 1.807) is 0 Å². The van der Waals surface area contributed by atoms with Gasteiger partial charge in [-0.15, -0.1) is 0 Å². The van der Waals surface area contributed by atoms with Crippen molar-refractivity contribution in [2.45, 2.75) is 63.5 Å². The molecular weight excluding hydrogens is 456 g/mol. The Kier molecular flexibility index (Phi) is 8.59. The molecule has 4 rings (SSSR count). The number of aryl methyl sites for hydroxylation is 1. The summed E-state index contributed by atoms with van der Waals surface area (Å²) in [5.74, 6) is -0.279. The van der Waals surface area contributed by atoms with Crippen molar-refractivity contribution in [2.75, 3.05) is 38.1 Å². The molecule has 2 atom stereocenters. The quantitative estimate of drug-likeness (QED) is 0.441. The van der Waals surface area contributed by atoms with Crippen LogP contribution in [-0.4, -0.2) is 71.8 Å². The number of carboxylic acid groups (broad SMARTS) is 1. The van der Waals surface area contributed by atoms with Gasteiger partial charge in [0.15, 0.2) is 0 Å². The Morgan fingerprint density at radius 1 is 1.25 bits per heavy atom. The normalized spacial score (nSPS) is 18.8. The van der Waals surface area contributed by atoms with Gasteiger partial charge in [0.2, 0.25) is 5.91 Å². The first-order valence-electron chi connectivity index (χ1n) is 13.0. The van der Waals surface area contributed by atoms with Crippen molar-refractivity contribution < 1.29 is 19.4 Å². The lowest BCUT2D eigenvalue weighted by molar-refractivity contribution is -0.142. The van der Waals surface area contributed by atoms with Crippen LogP contribution in [0.25, 0.3) is 0 Å². The molecule has 0 unspecified atom stereocenters. The number of carbonyl (C=O) groups is 2. The van der Waals surface area contributed by atoms with Crippen LogP contribution in [0.5, 0.6) is 0 Å². The van der Waals surface area contributed by atoms with Crippen LogP contribution in [0.3, 0.4) is 0 Å². The summed E-state index contributed by atoms with van der Waals surface area (Å²) in [5, 5.41) is 15.8. The van der Waals surface area contributed by atoms with E-state index in [2.05, 4.69) is 27.7 Å². The average Bonchev–Trinajstić information content (AvgIpc) is 3.34. The summed E-state index contributed by atoms with van der Waals surface area (Å²) in [5.41, 5.74) is 2.37. The van der Waals surface area contributed by atoms with Gasteiger partial charge in [0.05, 0.1) is 18.1 Å². The number of aromatic nitrogens is 1. The van der Waals surface area contributed by atoms with E-state index in [0.29, 0.717) is 19.6 Å². The fraction of sp³-hybridized carbons (Fsp3) is 0.536. The summed E-state index contributed by atoms with van der Waals surface area (Å²) in [6.45, 7) is 7.46. The van der Waals surface area contributed by atoms with E-state index in [-0.39, 0.29) is 12.0 Å². The summed E-state index contributed by atoms with van der Waals surface area (Å²) < 4.78 is 6.11. The van der Waals surface area contributed by atoms with E-state index in [0.717, 1.165) is 62.4 Å². The Hall–Kier alpha value is -2.97. The van der Waals surface area contributed by atoms with Crippen molar-refractivity contribution in [2.24, 2.45) is 0 Å². The smallest absolute Gasteiger partial charge is 0.326 e. The zero-order valence-corrected chi connectivity index (χ0v) is 21.3. The second-order valence-corrected chi connectivity index (χ2v) is 10.3. The Bertz CT molecular complexity index is 1040. The number of nitrogens with zero attached hydrogens (tertiary/aromatic N) is 2. The molecule has 3 heterocycles. The lowest BCUT2D eigenvalue weighted by Crippen LogP contribution is -2.49. The Labute approximate surface area is 213 Å². The third-order valence-electron chi connectivity index (χ3n) is 7.29. The van der Waals surface area contributed by atoms with Gasteiger partial charge in [-0.1, -0.05) is 36.4 Å². The molecule has 194 valence electrons. The molecule has 3 N–H and O–H groups in total. The summed E-state index contributed by atoms with van der Waals surface area (Å²) >= 11 is 0. The number of pyridine rings is 1. The molecule has 0 spiro atoms. The second kappa shape index (κ2) is 11.8. The number of carboxylic acids is 1. The predicted octanol–water partition coefficient (Wildman–Crippen LogP) is 3.01. The number of nitrogens with one attached hydrogen (secondary N) is 2. The van der Waals surface area contributed by atoms with Crippen molar-refractivity contribution >= 4 is 17.7 Å². The van der Waals surface area contributed by atoms with E-state index in [9.17, 15) is 14.7 Å². The molecule has 1 amide bonds. The van der Waals surface area contributed by atoms with Gasteiger partial charge < -0.3 is 25.4 Å². The zero-order chi connectivity index (χ0) is 25.5. The largest absolute Gasteiger partial charge is 0.480 e.